The highest BCUT2D eigenvalue weighted by molar-refractivity contribution is 6.17. The number of pyridine rings is 3. The van der Waals surface area contributed by atoms with Crippen LogP contribution in [0, 0.1) is 0 Å². The molecule has 158 valence electrons. The molecule has 0 fully saturated rings. The number of aromatic nitrogens is 5. The van der Waals surface area contributed by atoms with E-state index in [1.807, 2.05) is 59.2 Å². The Labute approximate surface area is 188 Å². The predicted molar refractivity (Wildman–Crippen MR) is 127 cm³/mol. The van der Waals surface area contributed by atoms with Gasteiger partial charge in [0.25, 0.3) is 5.56 Å². The highest BCUT2D eigenvalue weighted by atomic mass is 35.5. The maximum Gasteiger partial charge on any atom is 0.259 e. The first kappa shape index (κ1) is 20.0. The summed E-state index contributed by atoms with van der Waals surface area (Å²) in [5.41, 5.74) is 11.0. The van der Waals surface area contributed by atoms with Crippen molar-refractivity contribution < 1.29 is 0 Å². The number of imidazole rings is 1. The minimum Gasteiger partial charge on any atom is -0.383 e. The molecule has 0 amide bonds. The van der Waals surface area contributed by atoms with Gasteiger partial charge in [-0.05, 0) is 54.1 Å². The molecule has 0 spiro atoms. The van der Waals surface area contributed by atoms with Crippen LogP contribution in [0.5, 0.6) is 0 Å². The molecule has 5 rings (SSSR count). The number of alkyl halides is 1. The van der Waals surface area contributed by atoms with Crippen LogP contribution in [0.4, 0.5) is 5.82 Å². The zero-order valence-corrected chi connectivity index (χ0v) is 18.0. The van der Waals surface area contributed by atoms with Crippen molar-refractivity contribution in [2.45, 2.75) is 5.88 Å². The smallest absolute Gasteiger partial charge is 0.259 e. The summed E-state index contributed by atoms with van der Waals surface area (Å²) in [7, 11) is 1.72. The molecule has 0 atom stereocenters. The number of rotatable bonds is 4. The molecule has 0 bridgehead atoms. The molecule has 4 aromatic heterocycles. The van der Waals surface area contributed by atoms with Gasteiger partial charge in [0.1, 0.15) is 11.3 Å². The second-order valence-corrected chi connectivity index (χ2v) is 7.65. The fourth-order valence-electron chi connectivity index (χ4n) is 3.67. The van der Waals surface area contributed by atoms with Gasteiger partial charge < -0.3 is 10.3 Å². The number of aryl methyl sites for hydroxylation is 1. The Morgan fingerprint density at radius 3 is 2.50 bits per heavy atom. The first-order chi connectivity index (χ1) is 15.6. The van der Waals surface area contributed by atoms with Gasteiger partial charge in [-0.1, -0.05) is 12.1 Å². The summed E-state index contributed by atoms with van der Waals surface area (Å²) in [6.07, 6.45) is 3.36. The molecule has 0 radical (unpaired) electrons. The highest BCUT2D eigenvalue weighted by Gasteiger charge is 2.19. The lowest BCUT2D eigenvalue weighted by Gasteiger charge is -2.11. The third kappa shape index (κ3) is 3.33. The van der Waals surface area contributed by atoms with E-state index in [4.69, 9.17) is 27.3 Å². The summed E-state index contributed by atoms with van der Waals surface area (Å²) >= 11 is 5.98. The van der Waals surface area contributed by atoms with E-state index in [-0.39, 0.29) is 5.56 Å². The molecule has 8 heteroatoms. The summed E-state index contributed by atoms with van der Waals surface area (Å²) in [4.78, 5) is 26.5. The van der Waals surface area contributed by atoms with Gasteiger partial charge in [0.15, 0.2) is 11.5 Å². The van der Waals surface area contributed by atoms with E-state index in [0.29, 0.717) is 45.5 Å². The van der Waals surface area contributed by atoms with Crippen LogP contribution >= 0.6 is 11.6 Å². The second-order valence-electron chi connectivity index (χ2n) is 7.38. The molecule has 1 aromatic carbocycles. The monoisotopic (exact) mass is 442 g/mol. The lowest BCUT2D eigenvalue weighted by Crippen LogP contribution is -2.17. The summed E-state index contributed by atoms with van der Waals surface area (Å²) in [5.74, 6) is 1.42. The van der Waals surface area contributed by atoms with Crippen LogP contribution in [0.1, 0.15) is 5.56 Å². The lowest BCUT2D eigenvalue weighted by molar-refractivity contribution is 0.862. The van der Waals surface area contributed by atoms with E-state index >= 15 is 0 Å². The minimum atomic E-state index is -0.117. The SMILES string of the molecule is Cn1cccc(-c2ccc3nc(-c4cccnc4N)n(-c4ccc(CCl)cc4)c3n2)c1=O. The minimum absolute atomic E-state index is 0.117. The third-order valence-electron chi connectivity index (χ3n) is 5.33. The number of nitrogen functional groups attached to an aromatic ring is 1. The summed E-state index contributed by atoms with van der Waals surface area (Å²) in [5, 5.41) is 0. The number of hydrogen-bond donors (Lipinski definition) is 1. The number of nitrogens with two attached hydrogens (primary N) is 1. The molecule has 0 saturated carbocycles. The topological polar surface area (TPSA) is 91.6 Å². The number of fused-ring (bicyclic) bond motifs is 1. The van der Waals surface area contributed by atoms with Crippen LogP contribution in [0.15, 0.2) is 77.9 Å². The van der Waals surface area contributed by atoms with Crippen LogP contribution in [0.25, 0.3) is 39.5 Å². The molecule has 32 heavy (non-hydrogen) atoms. The van der Waals surface area contributed by atoms with Crippen molar-refractivity contribution in [3.05, 3.63) is 89.0 Å². The number of anilines is 1. The van der Waals surface area contributed by atoms with Gasteiger partial charge in [-0.3, -0.25) is 9.36 Å². The largest absolute Gasteiger partial charge is 0.383 e. The van der Waals surface area contributed by atoms with E-state index in [1.165, 1.54) is 4.57 Å². The quantitative estimate of drug-likeness (QED) is 0.422. The van der Waals surface area contributed by atoms with Gasteiger partial charge in [0.05, 0.1) is 16.8 Å². The van der Waals surface area contributed by atoms with Gasteiger partial charge in [-0.15, -0.1) is 11.6 Å². The summed E-state index contributed by atoms with van der Waals surface area (Å²) in [6, 6.07) is 18.8. The van der Waals surface area contributed by atoms with Crippen molar-refractivity contribution >= 4 is 28.6 Å². The van der Waals surface area contributed by atoms with Crippen molar-refractivity contribution in [3.8, 4) is 28.3 Å². The fraction of sp³-hybridized carbons (Fsp3) is 0.0833. The Hall–Kier alpha value is -3.97. The van der Waals surface area contributed by atoms with Crippen molar-refractivity contribution in [2.75, 3.05) is 5.73 Å². The van der Waals surface area contributed by atoms with E-state index in [2.05, 4.69) is 4.98 Å². The van der Waals surface area contributed by atoms with Gasteiger partial charge in [0.2, 0.25) is 0 Å². The first-order valence-electron chi connectivity index (χ1n) is 9.98. The van der Waals surface area contributed by atoms with Gasteiger partial charge >= 0.3 is 0 Å². The molecule has 0 aliphatic rings. The van der Waals surface area contributed by atoms with Crippen LogP contribution in [0.2, 0.25) is 0 Å². The number of halogens is 1. The Kier molecular flexibility index (Phi) is 4.95. The average molecular weight is 443 g/mol. The molecule has 0 unspecified atom stereocenters. The van der Waals surface area contributed by atoms with Gasteiger partial charge in [-0.2, -0.15) is 0 Å². The summed E-state index contributed by atoms with van der Waals surface area (Å²) < 4.78 is 3.46. The molecule has 2 N–H and O–H groups in total. The van der Waals surface area contributed by atoms with Crippen LogP contribution in [-0.4, -0.2) is 24.1 Å². The number of benzene rings is 1. The molecular weight excluding hydrogens is 424 g/mol. The zero-order chi connectivity index (χ0) is 22.2. The third-order valence-corrected chi connectivity index (χ3v) is 5.64. The second kappa shape index (κ2) is 7.94. The zero-order valence-electron chi connectivity index (χ0n) is 17.2. The van der Waals surface area contributed by atoms with Crippen molar-refractivity contribution in [1.29, 1.82) is 0 Å². The highest BCUT2D eigenvalue weighted by Crippen LogP contribution is 2.31. The lowest BCUT2D eigenvalue weighted by atomic mass is 10.2. The van der Waals surface area contributed by atoms with Gasteiger partial charge in [0, 0.05) is 31.0 Å². The Morgan fingerprint density at radius 2 is 1.75 bits per heavy atom. The van der Waals surface area contributed by atoms with E-state index in [1.54, 1.807) is 25.5 Å². The molecule has 5 aromatic rings. The fourth-order valence-corrected chi connectivity index (χ4v) is 3.84. The number of nitrogens with zero attached hydrogens (tertiary/aromatic N) is 5. The molecule has 4 heterocycles. The standard InChI is InChI=1S/C24H19ClN6O/c1-30-13-3-5-17(24(30)32)19-10-11-20-23(28-19)31(16-8-6-15(14-25)7-9-16)22(29-20)18-4-2-12-27-21(18)26/h2-13H,14H2,1H3,(H2,26,27). The predicted octanol–water partition coefficient (Wildman–Crippen LogP) is 4.17. The summed E-state index contributed by atoms with van der Waals surface area (Å²) in [6.45, 7) is 0. The molecule has 0 aliphatic heterocycles. The van der Waals surface area contributed by atoms with E-state index < -0.39 is 0 Å². The molecule has 0 aliphatic carbocycles. The van der Waals surface area contributed by atoms with Crippen molar-refractivity contribution in [3.63, 3.8) is 0 Å². The Morgan fingerprint density at radius 1 is 0.969 bits per heavy atom. The van der Waals surface area contributed by atoms with E-state index in [0.717, 1.165) is 11.3 Å². The van der Waals surface area contributed by atoms with Crippen molar-refractivity contribution in [1.82, 2.24) is 24.1 Å². The first-order valence-corrected chi connectivity index (χ1v) is 10.5. The van der Waals surface area contributed by atoms with Crippen LogP contribution in [-0.2, 0) is 12.9 Å². The Balaban J connectivity index is 1.81. The number of hydrogen-bond acceptors (Lipinski definition) is 5. The maximum atomic E-state index is 12.7. The maximum absolute atomic E-state index is 12.7. The van der Waals surface area contributed by atoms with Crippen LogP contribution < -0.4 is 11.3 Å². The van der Waals surface area contributed by atoms with Crippen molar-refractivity contribution in [2.24, 2.45) is 7.05 Å². The van der Waals surface area contributed by atoms with Crippen LogP contribution in [0.3, 0.4) is 0 Å². The average Bonchev–Trinajstić information content (AvgIpc) is 3.19. The van der Waals surface area contributed by atoms with E-state index in [9.17, 15) is 4.79 Å². The van der Waals surface area contributed by atoms with Gasteiger partial charge in [-0.25, -0.2) is 15.0 Å². The molecule has 0 saturated heterocycles. The normalized spacial score (nSPS) is 11.2. The molecular formula is C24H19ClN6O. The molecule has 7 nitrogen and oxygen atoms in total. The Bertz CT molecular complexity index is 1500.